The van der Waals surface area contributed by atoms with E-state index in [1.807, 2.05) is 13.8 Å². The van der Waals surface area contributed by atoms with Gasteiger partial charge in [0.1, 0.15) is 5.78 Å². The predicted molar refractivity (Wildman–Crippen MR) is 127 cm³/mol. The van der Waals surface area contributed by atoms with Crippen molar-refractivity contribution in [3.8, 4) is 0 Å². The molecule has 1 N–H and O–H groups in total. The molecule has 0 aromatic rings. The third-order valence-electron chi connectivity index (χ3n) is 9.91. The summed E-state index contributed by atoms with van der Waals surface area (Å²) in [5, 5.41) is 11.5. The molecule has 6 nitrogen and oxygen atoms in total. The lowest BCUT2D eigenvalue weighted by atomic mass is 9.44. The Morgan fingerprint density at radius 1 is 1.17 bits per heavy atom. The fourth-order valence-electron chi connectivity index (χ4n) is 8.09. The Morgan fingerprint density at radius 3 is 2.49 bits per heavy atom. The Balaban J connectivity index is 1.84. The molecule has 3 fully saturated rings. The van der Waals surface area contributed by atoms with Gasteiger partial charge in [-0.3, -0.25) is 19.2 Å². The molecule has 0 aromatic heterocycles. The van der Waals surface area contributed by atoms with Gasteiger partial charge in [-0.15, -0.1) is 0 Å². The van der Waals surface area contributed by atoms with Gasteiger partial charge in [-0.05, 0) is 50.7 Å². The molecule has 4 aliphatic rings. The smallest absolute Gasteiger partial charge is 0.306 e. The standard InChI is InChI=1S/C28H37FO6/c1-6-18(30)14-22(32)28(35-24(34)7-2)16(3)12-21-20-9-8-17-13-19(31)10-11-25(17,4)27(20,29)23(33)15-26(21,28)5/h10-11,13,16,20-21,23,33H,6-9,12,14-15H2,1-5H3/t16?,20-,21?,23?,25-,26-,27-,28-/m0/s1. The van der Waals surface area contributed by atoms with Crippen LogP contribution >= 0.6 is 0 Å². The first kappa shape index (κ1) is 25.9. The summed E-state index contributed by atoms with van der Waals surface area (Å²) in [7, 11) is 0. The number of carbonyl (C=O) groups is 4. The first-order valence-electron chi connectivity index (χ1n) is 12.9. The van der Waals surface area contributed by atoms with Crippen molar-refractivity contribution in [1.82, 2.24) is 0 Å². The van der Waals surface area contributed by atoms with Gasteiger partial charge in [0, 0.05) is 35.5 Å². The summed E-state index contributed by atoms with van der Waals surface area (Å²) in [4.78, 5) is 50.8. The van der Waals surface area contributed by atoms with Crippen LogP contribution in [0.3, 0.4) is 0 Å². The van der Waals surface area contributed by atoms with Crippen LogP contribution in [0.2, 0.25) is 0 Å². The van der Waals surface area contributed by atoms with E-state index in [0.717, 1.165) is 0 Å². The van der Waals surface area contributed by atoms with Crippen molar-refractivity contribution in [2.45, 2.75) is 96.9 Å². The quantitative estimate of drug-likeness (QED) is 0.444. The maximum Gasteiger partial charge on any atom is 0.306 e. The highest BCUT2D eigenvalue weighted by Crippen LogP contribution is 2.71. The van der Waals surface area contributed by atoms with E-state index in [1.54, 1.807) is 26.8 Å². The maximum absolute atomic E-state index is 17.3. The van der Waals surface area contributed by atoms with Gasteiger partial charge in [0.25, 0.3) is 0 Å². The number of aliphatic hydroxyl groups excluding tert-OH is 1. The van der Waals surface area contributed by atoms with Crippen LogP contribution in [0.4, 0.5) is 4.39 Å². The fraction of sp³-hybridized carbons (Fsp3) is 0.714. The first-order chi connectivity index (χ1) is 16.3. The van der Waals surface area contributed by atoms with Crippen LogP contribution in [-0.4, -0.2) is 45.8 Å². The molecule has 192 valence electrons. The molecule has 0 bridgehead atoms. The monoisotopic (exact) mass is 488 g/mol. The van der Waals surface area contributed by atoms with E-state index in [2.05, 4.69) is 0 Å². The highest BCUT2D eigenvalue weighted by Gasteiger charge is 2.77. The van der Waals surface area contributed by atoms with Gasteiger partial charge < -0.3 is 9.84 Å². The summed E-state index contributed by atoms with van der Waals surface area (Å²) in [6.07, 6.45) is 4.21. The molecular formula is C28H37FO6. The minimum atomic E-state index is -2.04. The van der Waals surface area contributed by atoms with Gasteiger partial charge >= 0.3 is 5.97 Å². The average Bonchev–Trinajstić information content (AvgIpc) is 3.02. The second-order valence-electron chi connectivity index (χ2n) is 11.5. The number of aliphatic hydroxyl groups is 1. The van der Waals surface area contributed by atoms with Crippen LogP contribution < -0.4 is 0 Å². The van der Waals surface area contributed by atoms with Gasteiger partial charge in [0.15, 0.2) is 22.8 Å². The summed E-state index contributed by atoms with van der Waals surface area (Å²) in [6.45, 7) is 8.73. The Kier molecular flexibility index (Phi) is 6.27. The third kappa shape index (κ3) is 3.29. The zero-order valence-corrected chi connectivity index (χ0v) is 21.4. The minimum absolute atomic E-state index is 0.0638. The number of halogens is 1. The number of allylic oxidation sites excluding steroid dienone is 4. The molecule has 0 spiro atoms. The van der Waals surface area contributed by atoms with Crippen molar-refractivity contribution in [1.29, 1.82) is 0 Å². The van der Waals surface area contributed by atoms with Gasteiger partial charge in [-0.25, -0.2) is 4.39 Å². The number of carbonyl (C=O) groups excluding carboxylic acids is 4. The topological polar surface area (TPSA) is 97.7 Å². The summed E-state index contributed by atoms with van der Waals surface area (Å²) < 4.78 is 23.3. The van der Waals surface area contributed by atoms with E-state index in [0.29, 0.717) is 24.8 Å². The number of fused-ring (bicyclic) bond motifs is 5. The van der Waals surface area contributed by atoms with Crippen LogP contribution in [0, 0.1) is 28.6 Å². The molecule has 3 unspecified atom stereocenters. The highest BCUT2D eigenvalue weighted by atomic mass is 19.1. The first-order valence-corrected chi connectivity index (χ1v) is 12.9. The van der Waals surface area contributed by atoms with Gasteiger partial charge in [0.05, 0.1) is 12.5 Å². The molecule has 0 radical (unpaired) electrons. The van der Waals surface area contributed by atoms with E-state index >= 15 is 4.39 Å². The molecule has 4 aliphatic carbocycles. The summed E-state index contributed by atoms with van der Waals surface area (Å²) in [5.41, 5.74) is -5.13. The van der Waals surface area contributed by atoms with E-state index in [9.17, 15) is 24.3 Å². The van der Waals surface area contributed by atoms with Gasteiger partial charge in [0.2, 0.25) is 0 Å². The second kappa shape index (κ2) is 8.46. The molecule has 0 heterocycles. The van der Waals surface area contributed by atoms with Crippen LogP contribution in [0.1, 0.15) is 79.6 Å². The maximum atomic E-state index is 17.3. The third-order valence-corrected chi connectivity index (χ3v) is 9.91. The molecule has 7 heteroatoms. The van der Waals surface area contributed by atoms with E-state index in [-0.39, 0.29) is 43.2 Å². The van der Waals surface area contributed by atoms with Crippen LogP contribution in [0.5, 0.6) is 0 Å². The zero-order chi connectivity index (χ0) is 26.0. The molecule has 8 atom stereocenters. The molecule has 0 amide bonds. The molecule has 4 rings (SSSR count). The van der Waals surface area contributed by atoms with E-state index < -0.39 is 51.8 Å². The normalized spacial score (nSPS) is 44.1. The molecule has 0 aliphatic heterocycles. The number of rotatable bonds is 6. The number of ketones is 3. The fourth-order valence-corrected chi connectivity index (χ4v) is 8.09. The Hall–Kier alpha value is -2.15. The lowest BCUT2D eigenvalue weighted by Gasteiger charge is -2.62. The van der Waals surface area contributed by atoms with Crippen LogP contribution in [0.15, 0.2) is 23.8 Å². The summed E-state index contributed by atoms with van der Waals surface area (Å²) in [6, 6.07) is 0. The number of hydrogen-bond acceptors (Lipinski definition) is 6. The number of alkyl halides is 1. The molecular weight excluding hydrogens is 451 g/mol. The lowest BCUT2D eigenvalue weighted by Crippen LogP contribution is -2.70. The highest BCUT2D eigenvalue weighted by molar-refractivity contribution is 6.04. The Morgan fingerprint density at radius 2 is 1.86 bits per heavy atom. The Labute approximate surface area is 206 Å². The lowest BCUT2D eigenvalue weighted by molar-refractivity contribution is -0.227. The second-order valence-corrected chi connectivity index (χ2v) is 11.5. The average molecular weight is 489 g/mol. The largest absolute Gasteiger partial charge is 0.450 e. The number of Topliss-reactive ketones (excluding diaryl/α,β-unsaturated/α-hetero) is 2. The van der Waals surface area contributed by atoms with Crippen LogP contribution in [-0.2, 0) is 23.9 Å². The number of hydrogen-bond donors (Lipinski definition) is 1. The van der Waals surface area contributed by atoms with Crippen molar-refractivity contribution in [2.75, 3.05) is 0 Å². The van der Waals surface area contributed by atoms with Crippen molar-refractivity contribution in [3.05, 3.63) is 23.8 Å². The summed E-state index contributed by atoms with van der Waals surface area (Å²) in [5.74, 6) is -2.80. The minimum Gasteiger partial charge on any atom is -0.450 e. The van der Waals surface area contributed by atoms with Crippen LogP contribution in [0.25, 0.3) is 0 Å². The van der Waals surface area contributed by atoms with Gasteiger partial charge in [-0.1, -0.05) is 39.3 Å². The Bertz CT molecular complexity index is 1030. The zero-order valence-electron chi connectivity index (χ0n) is 21.4. The van der Waals surface area contributed by atoms with Crippen molar-refractivity contribution in [2.24, 2.45) is 28.6 Å². The molecule has 0 saturated heterocycles. The predicted octanol–water partition coefficient (Wildman–Crippen LogP) is 4.23. The SMILES string of the molecule is CCC(=O)CC(=O)[C@@]1(OC(=O)CC)C(C)CC2[C@@H]3CCC4=CC(=O)C=C[C@]4(C)[C@@]3(F)C(O)C[C@@]21C. The van der Waals surface area contributed by atoms with Gasteiger partial charge in [-0.2, -0.15) is 0 Å². The number of ether oxygens (including phenoxy) is 1. The van der Waals surface area contributed by atoms with E-state index in [4.69, 9.17) is 4.74 Å². The van der Waals surface area contributed by atoms with Crippen molar-refractivity contribution >= 4 is 23.3 Å². The molecule has 0 aromatic carbocycles. The summed E-state index contributed by atoms with van der Waals surface area (Å²) >= 11 is 0. The van der Waals surface area contributed by atoms with Crippen molar-refractivity contribution in [3.63, 3.8) is 0 Å². The van der Waals surface area contributed by atoms with Crippen molar-refractivity contribution < 1.29 is 33.4 Å². The number of esters is 1. The van der Waals surface area contributed by atoms with E-state index in [1.165, 1.54) is 12.2 Å². The molecule has 3 saturated carbocycles. The molecule has 35 heavy (non-hydrogen) atoms.